The Kier molecular flexibility index (Phi) is 6.25. The van der Waals surface area contributed by atoms with Crippen LogP contribution >= 0.6 is 0 Å². The third-order valence-corrected chi connectivity index (χ3v) is 2.50. The van der Waals surface area contributed by atoms with Crippen molar-refractivity contribution >= 4 is 0 Å². The molecule has 1 heteroatoms. The zero-order chi connectivity index (χ0) is 12.5. The smallest absolute Gasteiger partial charge is 0.122 e. The fourth-order valence-corrected chi connectivity index (χ4v) is 1.67. The van der Waals surface area contributed by atoms with E-state index in [0.717, 1.165) is 38.0 Å². The lowest BCUT2D eigenvalue weighted by Gasteiger charge is -2.10. The summed E-state index contributed by atoms with van der Waals surface area (Å²) in [5, 5.41) is 0. The number of hydrogen-bond donors (Lipinski definition) is 0. The van der Waals surface area contributed by atoms with E-state index < -0.39 is 0 Å². The summed E-state index contributed by atoms with van der Waals surface area (Å²) in [6.45, 7) is 7.11. The lowest BCUT2D eigenvalue weighted by Crippen LogP contribution is -1.99. The molecule has 0 saturated carbocycles. The molecular weight excluding hydrogens is 208 g/mol. The Morgan fingerprint density at radius 1 is 1.18 bits per heavy atom. The molecule has 0 aliphatic heterocycles. The Morgan fingerprint density at radius 2 is 2.00 bits per heavy atom. The molecule has 0 amide bonds. The SMILES string of the molecule is CCC#CCCc1cc(C)ccc1OCCC. The first-order chi connectivity index (χ1) is 8.27. The predicted molar refractivity (Wildman–Crippen MR) is 73.4 cm³/mol. The zero-order valence-corrected chi connectivity index (χ0v) is 11.2. The first kappa shape index (κ1) is 13.6. The highest BCUT2D eigenvalue weighted by Crippen LogP contribution is 2.21. The van der Waals surface area contributed by atoms with E-state index in [1.807, 2.05) is 0 Å². The molecule has 17 heavy (non-hydrogen) atoms. The second-order valence-electron chi connectivity index (χ2n) is 4.17. The number of hydrogen-bond acceptors (Lipinski definition) is 1. The Hall–Kier alpha value is -1.42. The van der Waals surface area contributed by atoms with E-state index in [2.05, 4.69) is 50.8 Å². The van der Waals surface area contributed by atoms with Crippen molar-refractivity contribution in [2.24, 2.45) is 0 Å². The van der Waals surface area contributed by atoms with Gasteiger partial charge in [-0.05, 0) is 31.4 Å². The Bertz CT molecular complexity index is 396. The van der Waals surface area contributed by atoms with Crippen LogP contribution in [0.3, 0.4) is 0 Å². The van der Waals surface area contributed by atoms with Crippen molar-refractivity contribution < 1.29 is 4.74 Å². The monoisotopic (exact) mass is 230 g/mol. The third-order valence-electron chi connectivity index (χ3n) is 2.50. The third kappa shape index (κ3) is 4.95. The normalized spacial score (nSPS) is 9.59. The van der Waals surface area contributed by atoms with Crippen molar-refractivity contribution in [1.82, 2.24) is 0 Å². The Labute approximate surface area is 105 Å². The minimum atomic E-state index is 0.788. The first-order valence-corrected chi connectivity index (χ1v) is 6.46. The van der Waals surface area contributed by atoms with Crippen LogP contribution < -0.4 is 4.74 Å². The van der Waals surface area contributed by atoms with E-state index >= 15 is 0 Å². The summed E-state index contributed by atoms with van der Waals surface area (Å²) in [6.07, 6.45) is 3.88. The standard InChI is InChI=1S/C16H22O/c1-4-6-7-8-9-15-13-14(3)10-11-16(15)17-12-5-2/h10-11,13H,4-5,8-9,12H2,1-3H3. The van der Waals surface area contributed by atoms with Gasteiger partial charge in [-0.15, -0.1) is 11.8 Å². The Morgan fingerprint density at radius 3 is 2.71 bits per heavy atom. The Balaban J connectivity index is 2.69. The van der Waals surface area contributed by atoms with Gasteiger partial charge < -0.3 is 4.74 Å². The molecule has 1 aromatic rings. The van der Waals surface area contributed by atoms with Crippen LogP contribution in [0, 0.1) is 18.8 Å². The molecule has 0 radical (unpaired) electrons. The molecule has 0 bridgehead atoms. The van der Waals surface area contributed by atoms with Crippen LogP contribution in [0.4, 0.5) is 0 Å². The minimum absolute atomic E-state index is 0.788. The minimum Gasteiger partial charge on any atom is -0.493 e. The molecule has 0 N–H and O–H groups in total. The molecule has 0 saturated heterocycles. The van der Waals surface area contributed by atoms with E-state index in [0.29, 0.717) is 0 Å². The van der Waals surface area contributed by atoms with Crippen molar-refractivity contribution in [2.75, 3.05) is 6.61 Å². The van der Waals surface area contributed by atoms with Crippen LogP contribution in [-0.4, -0.2) is 6.61 Å². The summed E-state index contributed by atoms with van der Waals surface area (Å²) in [6, 6.07) is 6.39. The fraction of sp³-hybridized carbons (Fsp3) is 0.500. The first-order valence-electron chi connectivity index (χ1n) is 6.46. The highest BCUT2D eigenvalue weighted by Gasteiger charge is 2.03. The van der Waals surface area contributed by atoms with Crippen LogP contribution in [0.25, 0.3) is 0 Å². The number of aryl methyl sites for hydroxylation is 2. The van der Waals surface area contributed by atoms with Crippen molar-refractivity contribution in [3.05, 3.63) is 29.3 Å². The van der Waals surface area contributed by atoms with Gasteiger partial charge in [-0.3, -0.25) is 0 Å². The van der Waals surface area contributed by atoms with Crippen molar-refractivity contribution in [3.8, 4) is 17.6 Å². The maximum Gasteiger partial charge on any atom is 0.122 e. The van der Waals surface area contributed by atoms with Crippen molar-refractivity contribution in [3.63, 3.8) is 0 Å². The lowest BCUT2D eigenvalue weighted by molar-refractivity contribution is 0.314. The molecule has 0 unspecified atom stereocenters. The summed E-state index contributed by atoms with van der Waals surface area (Å²) in [5.74, 6) is 7.31. The molecular formula is C16H22O. The van der Waals surface area contributed by atoms with Crippen molar-refractivity contribution in [1.29, 1.82) is 0 Å². The van der Waals surface area contributed by atoms with Gasteiger partial charge in [0, 0.05) is 12.8 Å². The predicted octanol–water partition coefficient (Wildman–Crippen LogP) is 4.13. The van der Waals surface area contributed by atoms with Gasteiger partial charge in [0.2, 0.25) is 0 Å². The quantitative estimate of drug-likeness (QED) is 0.691. The van der Waals surface area contributed by atoms with E-state index in [1.54, 1.807) is 0 Å². The van der Waals surface area contributed by atoms with E-state index in [1.165, 1.54) is 11.1 Å². The van der Waals surface area contributed by atoms with Crippen LogP contribution in [0.15, 0.2) is 18.2 Å². The highest BCUT2D eigenvalue weighted by molar-refractivity contribution is 5.37. The molecule has 0 aromatic heterocycles. The van der Waals surface area contributed by atoms with Gasteiger partial charge in [-0.25, -0.2) is 0 Å². The summed E-state index contributed by atoms with van der Waals surface area (Å²) >= 11 is 0. The molecule has 0 atom stereocenters. The van der Waals surface area contributed by atoms with Gasteiger partial charge >= 0.3 is 0 Å². The molecule has 1 aromatic carbocycles. The summed E-state index contributed by atoms with van der Waals surface area (Å²) in [7, 11) is 0. The van der Waals surface area contributed by atoms with Crippen LogP contribution in [-0.2, 0) is 6.42 Å². The van der Waals surface area contributed by atoms with Gasteiger partial charge in [0.25, 0.3) is 0 Å². The van der Waals surface area contributed by atoms with E-state index in [9.17, 15) is 0 Å². The van der Waals surface area contributed by atoms with Crippen LogP contribution in [0.2, 0.25) is 0 Å². The molecule has 0 heterocycles. The average Bonchev–Trinajstić information content (AvgIpc) is 2.33. The average molecular weight is 230 g/mol. The fourth-order valence-electron chi connectivity index (χ4n) is 1.67. The van der Waals surface area contributed by atoms with Gasteiger partial charge in [0.15, 0.2) is 0 Å². The highest BCUT2D eigenvalue weighted by atomic mass is 16.5. The second kappa shape index (κ2) is 7.79. The van der Waals surface area contributed by atoms with E-state index in [4.69, 9.17) is 4.74 Å². The van der Waals surface area contributed by atoms with Gasteiger partial charge in [0.05, 0.1) is 6.61 Å². The zero-order valence-electron chi connectivity index (χ0n) is 11.2. The van der Waals surface area contributed by atoms with Gasteiger partial charge in [-0.2, -0.15) is 0 Å². The number of rotatable bonds is 5. The van der Waals surface area contributed by atoms with Gasteiger partial charge in [-0.1, -0.05) is 31.5 Å². The molecule has 92 valence electrons. The largest absolute Gasteiger partial charge is 0.493 e. The molecule has 1 rings (SSSR count). The number of benzene rings is 1. The summed E-state index contributed by atoms with van der Waals surface area (Å²) in [5.41, 5.74) is 2.57. The lowest BCUT2D eigenvalue weighted by atomic mass is 10.1. The topological polar surface area (TPSA) is 9.23 Å². The molecule has 0 aliphatic rings. The van der Waals surface area contributed by atoms with Crippen LogP contribution in [0.5, 0.6) is 5.75 Å². The second-order valence-corrected chi connectivity index (χ2v) is 4.17. The summed E-state index contributed by atoms with van der Waals surface area (Å²) in [4.78, 5) is 0. The molecule has 0 spiro atoms. The number of ether oxygens (including phenoxy) is 1. The molecule has 1 nitrogen and oxygen atoms in total. The molecule has 0 aliphatic carbocycles. The maximum atomic E-state index is 5.75. The maximum absolute atomic E-state index is 5.75. The van der Waals surface area contributed by atoms with E-state index in [-0.39, 0.29) is 0 Å². The van der Waals surface area contributed by atoms with Gasteiger partial charge in [0.1, 0.15) is 5.75 Å². The molecule has 0 fully saturated rings. The summed E-state index contributed by atoms with van der Waals surface area (Å²) < 4.78 is 5.75. The van der Waals surface area contributed by atoms with Crippen molar-refractivity contribution in [2.45, 2.75) is 46.5 Å². The van der Waals surface area contributed by atoms with Crippen LogP contribution in [0.1, 0.15) is 44.2 Å².